The molecule has 0 amide bonds. The third-order valence-electron chi connectivity index (χ3n) is 2.84. The van der Waals surface area contributed by atoms with Crippen LogP contribution in [0.4, 0.5) is 0 Å². The van der Waals surface area contributed by atoms with Crippen molar-refractivity contribution in [1.29, 1.82) is 0 Å². The van der Waals surface area contributed by atoms with E-state index in [2.05, 4.69) is 23.7 Å². The van der Waals surface area contributed by atoms with Crippen molar-refractivity contribution in [2.24, 2.45) is 0 Å². The molecule has 1 N–H and O–H groups in total. The second-order valence-corrected chi connectivity index (χ2v) is 7.71. The minimum Gasteiger partial charge on any atom is -0.310 e. The first kappa shape index (κ1) is 12.1. The molecule has 0 saturated carbocycles. The highest BCUT2D eigenvalue weighted by molar-refractivity contribution is 7.91. The summed E-state index contributed by atoms with van der Waals surface area (Å²) in [5.41, 5.74) is 0. The second-order valence-electron chi connectivity index (χ2n) is 4.45. The van der Waals surface area contributed by atoms with Gasteiger partial charge >= 0.3 is 0 Å². The van der Waals surface area contributed by atoms with E-state index in [1.165, 1.54) is 4.88 Å². The second kappa shape index (κ2) is 4.85. The Kier molecular flexibility index (Phi) is 3.66. The first-order valence-electron chi connectivity index (χ1n) is 5.54. The largest absolute Gasteiger partial charge is 0.310 e. The first-order valence-corrected chi connectivity index (χ1v) is 8.24. The molecule has 0 spiro atoms. The van der Waals surface area contributed by atoms with Crippen molar-refractivity contribution in [1.82, 2.24) is 5.32 Å². The van der Waals surface area contributed by atoms with Gasteiger partial charge in [-0.2, -0.15) is 0 Å². The van der Waals surface area contributed by atoms with Gasteiger partial charge in [-0.3, -0.25) is 0 Å². The fourth-order valence-electron chi connectivity index (χ4n) is 2.12. The lowest BCUT2D eigenvalue weighted by molar-refractivity contribution is 0.471. The van der Waals surface area contributed by atoms with Crippen molar-refractivity contribution in [3.8, 4) is 0 Å². The molecule has 1 aliphatic rings. The molecular formula is C11H17NO2S2. The van der Waals surface area contributed by atoms with E-state index in [1.54, 1.807) is 11.3 Å². The number of hydrogen-bond acceptors (Lipinski definition) is 4. The zero-order valence-corrected chi connectivity index (χ0v) is 11.0. The lowest BCUT2D eigenvalue weighted by Gasteiger charge is -2.17. The summed E-state index contributed by atoms with van der Waals surface area (Å²) in [5, 5.41) is 5.47. The molecule has 1 fully saturated rings. The Morgan fingerprint density at radius 2 is 2.44 bits per heavy atom. The maximum Gasteiger partial charge on any atom is 0.151 e. The Hall–Kier alpha value is -0.390. The van der Waals surface area contributed by atoms with E-state index in [0.717, 1.165) is 12.8 Å². The van der Waals surface area contributed by atoms with Crippen LogP contribution in [0.2, 0.25) is 0 Å². The van der Waals surface area contributed by atoms with Crippen molar-refractivity contribution in [3.63, 3.8) is 0 Å². The molecule has 1 aromatic heterocycles. The summed E-state index contributed by atoms with van der Waals surface area (Å²) in [4.78, 5) is 1.35. The van der Waals surface area contributed by atoms with E-state index in [4.69, 9.17) is 0 Å². The smallest absolute Gasteiger partial charge is 0.151 e. The van der Waals surface area contributed by atoms with Gasteiger partial charge < -0.3 is 5.32 Å². The fraction of sp³-hybridized carbons (Fsp3) is 0.636. The fourth-order valence-corrected chi connectivity index (χ4v) is 4.64. The van der Waals surface area contributed by atoms with Crippen molar-refractivity contribution in [2.45, 2.75) is 31.8 Å². The highest BCUT2D eigenvalue weighted by atomic mass is 32.2. The molecular weight excluding hydrogens is 242 g/mol. The zero-order valence-electron chi connectivity index (χ0n) is 9.35. The predicted octanol–water partition coefficient (Wildman–Crippen LogP) is 1.46. The van der Waals surface area contributed by atoms with Crippen LogP contribution in [-0.2, 0) is 16.3 Å². The number of thiophene rings is 1. The summed E-state index contributed by atoms with van der Waals surface area (Å²) in [6, 6.07) is 4.66. The summed E-state index contributed by atoms with van der Waals surface area (Å²) in [7, 11) is -2.76. The van der Waals surface area contributed by atoms with Crippen molar-refractivity contribution in [3.05, 3.63) is 22.4 Å². The summed E-state index contributed by atoms with van der Waals surface area (Å²) < 4.78 is 22.6. The van der Waals surface area contributed by atoms with Crippen molar-refractivity contribution < 1.29 is 8.42 Å². The highest BCUT2D eigenvalue weighted by Gasteiger charge is 2.28. The predicted molar refractivity (Wildman–Crippen MR) is 67.7 cm³/mol. The number of nitrogens with one attached hydrogen (secondary N) is 1. The molecule has 2 atom stereocenters. The molecule has 2 unspecified atom stereocenters. The number of sulfone groups is 1. The molecule has 2 heterocycles. The Morgan fingerprint density at radius 3 is 3.00 bits per heavy atom. The van der Waals surface area contributed by atoms with Crippen LogP contribution in [0.5, 0.6) is 0 Å². The van der Waals surface area contributed by atoms with Gasteiger partial charge in [-0.25, -0.2) is 8.42 Å². The molecule has 1 aliphatic heterocycles. The van der Waals surface area contributed by atoms with Gasteiger partial charge in [-0.05, 0) is 31.2 Å². The molecule has 0 radical (unpaired) electrons. The van der Waals surface area contributed by atoms with Gasteiger partial charge in [0.1, 0.15) is 0 Å². The van der Waals surface area contributed by atoms with Gasteiger partial charge in [0.2, 0.25) is 0 Å². The summed E-state index contributed by atoms with van der Waals surface area (Å²) in [5.74, 6) is 0.651. The monoisotopic (exact) mass is 259 g/mol. The number of hydrogen-bond donors (Lipinski definition) is 1. The molecule has 16 heavy (non-hydrogen) atoms. The van der Waals surface area contributed by atoms with Crippen LogP contribution in [0.15, 0.2) is 17.5 Å². The molecule has 1 saturated heterocycles. The van der Waals surface area contributed by atoms with E-state index in [1.807, 2.05) is 6.07 Å². The molecule has 1 aromatic rings. The van der Waals surface area contributed by atoms with Crippen LogP contribution in [0, 0.1) is 0 Å². The molecule has 0 bridgehead atoms. The lowest BCUT2D eigenvalue weighted by atomic mass is 10.1. The maximum absolute atomic E-state index is 11.3. The standard InChI is InChI=1S/C11H17NO2S2/c1-9(7-11-3-2-5-15-11)12-10-4-6-16(13,14)8-10/h2-3,5,9-10,12H,4,6-8H2,1H3. The van der Waals surface area contributed by atoms with E-state index < -0.39 is 9.84 Å². The van der Waals surface area contributed by atoms with Crippen LogP contribution in [-0.4, -0.2) is 32.0 Å². The van der Waals surface area contributed by atoms with Gasteiger partial charge in [0.25, 0.3) is 0 Å². The Labute approximate surface area is 101 Å². The van der Waals surface area contributed by atoms with E-state index in [9.17, 15) is 8.42 Å². The SMILES string of the molecule is CC(Cc1cccs1)NC1CCS(=O)(=O)C1. The lowest BCUT2D eigenvalue weighted by Crippen LogP contribution is -2.38. The Bertz CT molecular complexity index is 425. The van der Waals surface area contributed by atoms with Gasteiger partial charge in [-0.15, -0.1) is 11.3 Å². The van der Waals surface area contributed by atoms with E-state index in [-0.39, 0.29) is 6.04 Å². The minimum absolute atomic E-state index is 0.153. The maximum atomic E-state index is 11.3. The van der Waals surface area contributed by atoms with E-state index >= 15 is 0 Å². The molecule has 2 rings (SSSR count). The van der Waals surface area contributed by atoms with Gasteiger partial charge in [0, 0.05) is 17.0 Å². The number of rotatable bonds is 4. The summed E-state index contributed by atoms with van der Waals surface area (Å²) in [6.07, 6.45) is 1.74. The van der Waals surface area contributed by atoms with Crippen LogP contribution in [0.1, 0.15) is 18.2 Å². The van der Waals surface area contributed by atoms with Gasteiger partial charge in [0.15, 0.2) is 9.84 Å². The van der Waals surface area contributed by atoms with E-state index in [0.29, 0.717) is 17.5 Å². The average Bonchev–Trinajstić information content (AvgIpc) is 2.76. The van der Waals surface area contributed by atoms with Crippen molar-refractivity contribution in [2.75, 3.05) is 11.5 Å². The van der Waals surface area contributed by atoms with Crippen LogP contribution in [0.25, 0.3) is 0 Å². The third-order valence-corrected chi connectivity index (χ3v) is 5.51. The Balaban J connectivity index is 1.82. The first-order chi connectivity index (χ1) is 7.55. The van der Waals surface area contributed by atoms with Crippen molar-refractivity contribution >= 4 is 21.2 Å². The highest BCUT2D eigenvalue weighted by Crippen LogP contribution is 2.15. The molecule has 0 aliphatic carbocycles. The van der Waals surface area contributed by atoms with Gasteiger partial charge in [-0.1, -0.05) is 6.07 Å². The zero-order chi connectivity index (χ0) is 11.6. The van der Waals surface area contributed by atoms with Crippen LogP contribution in [0.3, 0.4) is 0 Å². The van der Waals surface area contributed by atoms with Crippen LogP contribution < -0.4 is 5.32 Å². The summed E-state index contributed by atoms with van der Waals surface area (Å²) >= 11 is 1.75. The normalized spacial score (nSPS) is 25.7. The quantitative estimate of drug-likeness (QED) is 0.890. The van der Waals surface area contributed by atoms with Crippen LogP contribution >= 0.6 is 11.3 Å². The van der Waals surface area contributed by atoms with Gasteiger partial charge in [0.05, 0.1) is 11.5 Å². The average molecular weight is 259 g/mol. The third kappa shape index (κ3) is 3.30. The molecule has 90 valence electrons. The molecule has 3 nitrogen and oxygen atoms in total. The molecule has 0 aromatic carbocycles. The topological polar surface area (TPSA) is 46.2 Å². The Morgan fingerprint density at radius 1 is 1.62 bits per heavy atom. The molecule has 5 heteroatoms. The summed E-state index contributed by atoms with van der Waals surface area (Å²) in [6.45, 7) is 2.12. The minimum atomic E-state index is -2.76.